The maximum absolute atomic E-state index is 13.0. The molecule has 2 aromatic heterocycles. The van der Waals surface area contributed by atoms with Crippen LogP contribution in [0.5, 0.6) is 0 Å². The zero-order valence-corrected chi connectivity index (χ0v) is 14.2. The largest absolute Gasteiger partial charge is 0.355 e. The molecule has 4 rings (SSSR count). The van der Waals surface area contributed by atoms with Gasteiger partial charge in [-0.25, -0.2) is 14.4 Å². The minimum Gasteiger partial charge on any atom is -0.355 e. The average Bonchev–Trinajstić information content (AvgIpc) is 2.97. The van der Waals surface area contributed by atoms with Gasteiger partial charge < -0.3 is 4.90 Å². The number of benzene rings is 1. The van der Waals surface area contributed by atoms with Crippen LogP contribution in [0.4, 0.5) is 10.2 Å². The predicted molar refractivity (Wildman–Crippen MR) is 95.9 cm³/mol. The van der Waals surface area contributed by atoms with Gasteiger partial charge in [-0.05, 0) is 35.6 Å². The highest BCUT2D eigenvalue weighted by atomic mass is 32.1. The van der Waals surface area contributed by atoms with Crippen molar-refractivity contribution in [2.45, 2.75) is 13.0 Å². The topological polar surface area (TPSA) is 32.3 Å². The lowest BCUT2D eigenvalue weighted by molar-refractivity contribution is 0.285. The molecule has 1 fully saturated rings. The van der Waals surface area contributed by atoms with Crippen LogP contribution in [0.25, 0.3) is 10.2 Å². The third-order valence-electron chi connectivity index (χ3n) is 4.45. The molecule has 0 N–H and O–H groups in total. The van der Waals surface area contributed by atoms with Gasteiger partial charge in [0.15, 0.2) is 0 Å². The number of thiophene rings is 1. The molecule has 0 bridgehead atoms. The Bertz CT molecular complexity index is 817. The summed E-state index contributed by atoms with van der Waals surface area (Å²) >= 11 is 1.66. The molecule has 0 atom stereocenters. The standard InChI is InChI=1S/C18H19FN4S/c19-15-4-2-14(3-5-15)12-22-7-1-8-23(10-9-22)17-16-6-11-24-18(16)21-13-20-17/h2-6,11,13H,1,7-10,12H2. The lowest BCUT2D eigenvalue weighted by Crippen LogP contribution is -2.31. The highest BCUT2D eigenvalue weighted by molar-refractivity contribution is 7.16. The van der Waals surface area contributed by atoms with Crippen molar-refractivity contribution in [2.24, 2.45) is 0 Å². The van der Waals surface area contributed by atoms with Crippen LogP contribution < -0.4 is 4.90 Å². The lowest BCUT2D eigenvalue weighted by Gasteiger charge is -2.23. The molecule has 0 radical (unpaired) electrons. The molecule has 1 aliphatic rings. The highest BCUT2D eigenvalue weighted by Crippen LogP contribution is 2.27. The van der Waals surface area contributed by atoms with Gasteiger partial charge in [0.25, 0.3) is 0 Å². The van der Waals surface area contributed by atoms with E-state index >= 15 is 0 Å². The second kappa shape index (κ2) is 6.83. The van der Waals surface area contributed by atoms with Crippen LogP contribution in [0.15, 0.2) is 42.0 Å². The Morgan fingerprint density at radius 1 is 1.00 bits per heavy atom. The molecule has 124 valence electrons. The number of fused-ring (bicyclic) bond motifs is 1. The number of aromatic nitrogens is 2. The van der Waals surface area contributed by atoms with E-state index in [1.54, 1.807) is 17.7 Å². The summed E-state index contributed by atoms with van der Waals surface area (Å²) in [5.41, 5.74) is 1.16. The summed E-state index contributed by atoms with van der Waals surface area (Å²) in [6, 6.07) is 8.92. The van der Waals surface area contributed by atoms with Crippen molar-refractivity contribution in [3.05, 3.63) is 53.4 Å². The molecule has 0 amide bonds. The molecule has 1 aromatic carbocycles. The smallest absolute Gasteiger partial charge is 0.140 e. The second-order valence-corrected chi connectivity index (χ2v) is 6.97. The summed E-state index contributed by atoms with van der Waals surface area (Å²) in [5, 5.41) is 3.22. The van der Waals surface area contributed by atoms with Crippen LogP contribution in [0, 0.1) is 5.82 Å². The van der Waals surface area contributed by atoms with Crippen molar-refractivity contribution >= 4 is 27.4 Å². The molecule has 0 spiro atoms. The number of anilines is 1. The Labute approximate surface area is 144 Å². The lowest BCUT2D eigenvalue weighted by atomic mass is 10.2. The van der Waals surface area contributed by atoms with Gasteiger partial charge in [0, 0.05) is 32.7 Å². The molecule has 6 heteroatoms. The van der Waals surface area contributed by atoms with Crippen molar-refractivity contribution in [1.29, 1.82) is 0 Å². The first-order valence-electron chi connectivity index (χ1n) is 8.19. The molecule has 0 unspecified atom stereocenters. The zero-order chi connectivity index (χ0) is 16.4. The van der Waals surface area contributed by atoms with Gasteiger partial charge >= 0.3 is 0 Å². The van der Waals surface area contributed by atoms with E-state index in [2.05, 4.69) is 31.2 Å². The molecular formula is C18H19FN4S. The first-order valence-corrected chi connectivity index (χ1v) is 9.07. The molecule has 3 aromatic rings. The molecule has 0 aliphatic carbocycles. The molecule has 4 nitrogen and oxygen atoms in total. The molecular weight excluding hydrogens is 323 g/mol. The van der Waals surface area contributed by atoms with Crippen molar-refractivity contribution in [3.63, 3.8) is 0 Å². The van der Waals surface area contributed by atoms with Crippen molar-refractivity contribution in [1.82, 2.24) is 14.9 Å². The van der Waals surface area contributed by atoms with Crippen LogP contribution >= 0.6 is 11.3 Å². The van der Waals surface area contributed by atoms with Gasteiger partial charge in [0.05, 0.1) is 5.39 Å². The monoisotopic (exact) mass is 342 g/mol. The minimum atomic E-state index is -0.177. The second-order valence-electron chi connectivity index (χ2n) is 6.08. The van der Waals surface area contributed by atoms with Gasteiger partial charge in [-0.3, -0.25) is 4.90 Å². The SMILES string of the molecule is Fc1ccc(CN2CCCN(c3ncnc4sccc34)CC2)cc1. The predicted octanol–water partition coefficient (Wildman–Crippen LogP) is 3.54. The first-order chi connectivity index (χ1) is 11.8. The molecule has 0 saturated carbocycles. The van der Waals surface area contributed by atoms with Gasteiger partial charge in [-0.15, -0.1) is 11.3 Å². The number of nitrogens with zero attached hydrogens (tertiary/aromatic N) is 4. The normalized spacial score (nSPS) is 16.5. The van der Waals surface area contributed by atoms with Crippen molar-refractivity contribution in [2.75, 3.05) is 31.1 Å². The van der Waals surface area contributed by atoms with E-state index in [1.807, 2.05) is 12.1 Å². The summed E-state index contributed by atoms with van der Waals surface area (Å²) in [6.07, 6.45) is 2.76. The Morgan fingerprint density at radius 3 is 2.75 bits per heavy atom. The Kier molecular flexibility index (Phi) is 4.40. The minimum absolute atomic E-state index is 0.177. The molecule has 24 heavy (non-hydrogen) atoms. The zero-order valence-electron chi connectivity index (χ0n) is 13.4. The van der Waals surface area contributed by atoms with Crippen molar-refractivity contribution < 1.29 is 4.39 Å². The third kappa shape index (κ3) is 3.25. The summed E-state index contributed by atoms with van der Waals surface area (Å²) in [6.45, 7) is 4.84. The van der Waals surface area contributed by atoms with Gasteiger partial charge in [0.1, 0.15) is 22.8 Å². The van der Waals surface area contributed by atoms with E-state index in [4.69, 9.17) is 0 Å². The summed E-state index contributed by atoms with van der Waals surface area (Å²) in [5.74, 6) is 0.870. The summed E-state index contributed by atoms with van der Waals surface area (Å²) < 4.78 is 13.0. The van der Waals surface area contributed by atoms with E-state index in [1.165, 1.54) is 12.1 Å². The fraction of sp³-hybridized carbons (Fsp3) is 0.333. The maximum atomic E-state index is 13.0. The quantitative estimate of drug-likeness (QED) is 0.729. The number of halogens is 1. The number of rotatable bonds is 3. The van der Waals surface area contributed by atoms with Gasteiger partial charge in [-0.2, -0.15) is 0 Å². The average molecular weight is 342 g/mol. The van der Waals surface area contributed by atoms with E-state index in [9.17, 15) is 4.39 Å². The van der Waals surface area contributed by atoms with Crippen LogP contribution in [-0.2, 0) is 6.54 Å². The number of hydrogen-bond acceptors (Lipinski definition) is 5. The van der Waals surface area contributed by atoms with Crippen LogP contribution in [0.3, 0.4) is 0 Å². The van der Waals surface area contributed by atoms with Gasteiger partial charge in [-0.1, -0.05) is 12.1 Å². The van der Waals surface area contributed by atoms with Crippen LogP contribution in [0.1, 0.15) is 12.0 Å². The summed E-state index contributed by atoms with van der Waals surface area (Å²) in [7, 11) is 0. The van der Waals surface area contributed by atoms with E-state index in [0.29, 0.717) is 0 Å². The Balaban J connectivity index is 1.46. The van der Waals surface area contributed by atoms with Gasteiger partial charge in [0.2, 0.25) is 0 Å². The van der Waals surface area contributed by atoms with Crippen LogP contribution in [0.2, 0.25) is 0 Å². The molecule has 3 heterocycles. The molecule has 1 saturated heterocycles. The fourth-order valence-corrected chi connectivity index (χ4v) is 3.95. The highest BCUT2D eigenvalue weighted by Gasteiger charge is 2.18. The van der Waals surface area contributed by atoms with Crippen molar-refractivity contribution in [3.8, 4) is 0 Å². The fourth-order valence-electron chi connectivity index (χ4n) is 3.22. The van der Waals surface area contributed by atoms with E-state index in [-0.39, 0.29) is 5.82 Å². The number of hydrogen-bond donors (Lipinski definition) is 0. The maximum Gasteiger partial charge on any atom is 0.140 e. The van der Waals surface area contributed by atoms with Crippen LogP contribution in [-0.4, -0.2) is 41.0 Å². The Morgan fingerprint density at radius 2 is 1.88 bits per heavy atom. The van der Waals surface area contributed by atoms with E-state index in [0.717, 1.165) is 60.7 Å². The third-order valence-corrected chi connectivity index (χ3v) is 5.27. The summed E-state index contributed by atoms with van der Waals surface area (Å²) in [4.78, 5) is 14.7. The molecule has 1 aliphatic heterocycles. The first kappa shape index (κ1) is 15.5. The van der Waals surface area contributed by atoms with E-state index < -0.39 is 0 Å². The Hall–Kier alpha value is -2.05.